The first kappa shape index (κ1) is 13.4. The zero-order valence-electron chi connectivity index (χ0n) is 10.5. The fourth-order valence-corrected chi connectivity index (χ4v) is 1.64. The van der Waals surface area contributed by atoms with Gasteiger partial charge in [0.15, 0.2) is 0 Å². The lowest BCUT2D eigenvalue weighted by atomic mass is 10.1. The van der Waals surface area contributed by atoms with Crippen molar-refractivity contribution in [2.45, 2.75) is 46.1 Å². The molecule has 1 heterocycles. The first-order valence-electron chi connectivity index (χ1n) is 5.78. The molecule has 0 fully saturated rings. The van der Waals surface area contributed by atoms with Crippen LogP contribution in [0.4, 0.5) is 5.95 Å². The van der Waals surface area contributed by atoms with E-state index in [-0.39, 0.29) is 12.5 Å². The molecule has 1 atom stereocenters. The molecule has 0 saturated heterocycles. The van der Waals surface area contributed by atoms with E-state index in [2.05, 4.69) is 15.3 Å². The fourth-order valence-electron chi connectivity index (χ4n) is 1.64. The lowest BCUT2D eigenvalue weighted by Gasteiger charge is -2.13. The summed E-state index contributed by atoms with van der Waals surface area (Å²) in [5, 5.41) is 11.7. The van der Waals surface area contributed by atoms with Gasteiger partial charge in [-0.1, -0.05) is 0 Å². The van der Waals surface area contributed by atoms with Gasteiger partial charge in [-0.3, -0.25) is 4.79 Å². The molecular formula is C12H19N3O2. The second-order valence-electron chi connectivity index (χ2n) is 4.31. The summed E-state index contributed by atoms with van der Waals surface area (Å²) in [6, 6.07) is 2.09. The van der Waals surface area contributed by atoms with Crippen molar-refractivity contribution in [1.29, 1.82) is 0 Å². The molecule has 0 spiro atoms. The number of carbonyl (C=O) groups is 1. The molecule has 1 unspecified atom stereocenters. The van der Waals surface area contributed by atoms with Crippen LogP contribution in [-0.4, -0.2) is 27.1 Å². The van der Waals surface area contributed by atoms with Crippen LogP contribution in [0.5, 0.6) is 0 Å². The summed E-state index contributed by atoms with van der Waals surface area (Å²) >= 11 is 0. The third kappa shape index (κ3) is 5.29. The van der Waals surface area contributed by atoms with Crippen molar-refractivity contribution >= 4 is 11.9 Å². The zero-order valence-corrected chi connectivity index (χ0v) is 10.5. The monoisotopic (exact) mass is 237 g/mol. The number of anilines is 1. The van der Waals surface area contributed by atoms with Gasteiger partial charge >= 0.3 is 5.97 Å². The molecule has 17 heavy (non-hydrogen) atoms. The topological polar surface area (TPSA) is 75.1 Å². The van der Waals surface area contributed by atoms with Crippen molar-refractivity contribution in [2.24, 2.45) is 0 Å². The summed E-state index contributed by atoms with van der Waals surface area (Å²) in [6.45, 7) is 5.85. The van der Waals surface area contributed by atoms with Gasteiger partial charge in [-0.2, -0.15) is 0 Å². The maximum Gasteiger partial charge on any atom is 0.303 e. The number of rotatable bonds is 6. The van der Waals surface area contributed by atoms with E-state index in [0.717, 1.165) is 17.8 Å². The molecule has 0 aliphatic heterocycles. The number of aliphatic carboxylic acids is 1. The van der Waals surface area contributed by atoms with Gasteiger partial charge in [-0.25, -0.2) is 9.97 Å². The molecule has 0 saturated carbocycles. The fraction of sp³-hybridized carbons (Fsp3) is 0.583. The Labute approximate surface area is 101 Å². The molecule has 1 aromatic heterocycles. The van der Waals surface area contributed by atoms with Crippen LogP contribution in [0, 0.1) is 13.8 Å². The molecular weight excluding hydrogens is 218 g/mol. The van der Waals surface area contributed by atoms with Gasteiger partial charge in [0.1, 0.15) is 0 Å². The Bertz CT molecular complexity index is 373. The number of carboxylic acids is 1. The average Bonchev–Trinajstić information content (AvgIpc) is 2.14. The quantitative estimate of drug-likeness (QED) is 0.793. The standard InChI is InChI=1S/C12H19N3O2/c1-8(5-4-6-11(16)17)13-12-14-9(2)7-10(3)15-12/h7-8H,4-6H2,1-3H3,(H,16,17)(H,13,14,15). The highest BCUT2D eigenvalue weighted by Crippen LogP contribution is 2.08. The van der Waals surface area contributed by atoms with E-state index in [1.165, 1.54) is 0 Å². The van der Waals surface area contributed by atoms with E-state index in [0.29, 0.717) is 12.4 Å². The molecule has 0 amide bonds. The first-order valence-corrected chi connectivity index (χ1v) is 5.78. The van der Waals surface area contributed by atoms with Crippen LogP contribution in [0.3, 0.4) is 0 Å². The molecule has 0 radical (unpaired) electrons. The molecule has 5 nitrogen and oxygen atoms in total. The second kappa shape index (κ2) is 6.18. The minimum absolute atomic E-state index is 0.176. The Morgan fingerprint density at radius 3 is 2.53 bits per heavy atom. The highest BCUT2D eigenvalue weighted by molar-refractivity contribution is 5.66. The minimum Gasteiger partial charge on any atom is -0.481 e. The highest BCUT2D eigenvalue weighted by atomic mass is 16.4. The maximum absolute atomic E-state index is 10.4. The van der Waals surface area contributed by atoms with E-state index in [1.807, 2.05) is 26.8 Å². The summed E-state index contributed by atoms with van der Waals surface area (Å²) in [7, 11) is 0. The largest absolute Gasteiger partial charge is 0.481 e. The number of aromatic nitrogens is 2. The van der Waals surface area contributed by atoms with Crippen LogP contribution in [0.15, 0.2) is 6.07 Å². The lowest BCUT2D eigenvalue weighted by Crippen LogP contribution is -2.18. The van der Waals surface area contributed by atoms with E-state index in [1.54, 1.807) is 0 Å². The van der Waals surface area contributed by atoms with E-state index in [4.69, 9.17) is 5.11 Å². The summed E-state index contributed by atoms with van der Waals surface area (Å²) in [5.41, 5.74) is 1.86. The Kier molecular flexibility index (Phi) is 4.87. The van der Waals surface area contributed by atoms with E-state index in [9.17, 15) is 4.79 Å². The lowest BCUT2D eigenvalue weighted by molar-refractivity contribution is -0.137. The molecule has 0 aromatic carbocycles. The van der Waals surface area contributed by atoms with Gasteiger partial charge < -0.3 is 10.4 Å². The van der Waals surface area contributed by atoms with Crippen LogP contribution >= 0.6 is 0 Å². The number of carboxylic acid groups (broad SMARTS) is 1. The van der Waals surface area contributed by atoms with Crippen LogP contribution in [0.1, 0.15) is 37.6 Å². The smallest absolute Gasteiger partial charge is 0.303 e. The maximum atomic E-state index is 10.4. The average molecular weight is 237 g/mol. The molecule has 94 valence electrons. The van der Waals surface area contributed by atoms with Crippen LogP contribution < -0.4 is 5.32 Å². The molecule has 2 N–H and O–H groups in total. The van der Waals surface area contributed by atoms with Gasteiger partial charge in [0, 0.05) is 23.9 Å². The molecule has 0 aliphatic rings. The SMILES string of the molecule is Cc1cc(C)nc(NC(C)CCCC(=O)O)n1. The Balaban J connectivity index is 2.44. The van der Waals surface area contributed by atoms with Gasteiger partial charge in [0.2, 0.25) is 5.95 Å². The molecule has 1 aromatic rings. The molecule has 0 aliphatic carbocycles. The number of nitrogens with zero attached hydrogens (tertiary/aromatic N) is 2. The molecule has 0 bridgehead atoms. The van der Waals surface area contributed by atoms with Crippen molar-refractivity contribution < 1.29 is 9.90 Å². The highest BCUT2D eigenvalue weighted by Gasteiger charge is 2.06. The van der Waals surface area contributed by atoms with Gasteiger partial charge in [-0.15, -0.1) is 0 Å². The summed E-state index contributed by atoms with van der Waals surface area (Å²) in [4.78, 5) is 18.9. The van der Waals surface area contributed by atoms with Crippen LogP contribution in [-0.2, 0) is 4.79 Å². The van der Waals surface area contributed by atoms with E-state index >= 15 is 0 Å². The normalized spacial score (nSPS) is 12.2. The molecule has 1 rings (SSSR count). The minimum atomic E-state index is -0.750. The Morgan fingerprint density at radius 2 is 2.00 bits per heavy atom. The van der Waals surface area contributed by atoms with Gasteiger partial charge in [-0.05, 0) is 39.7 Å². The number of aryl methyl sites for hydroxylation is 2. The van der Waals surface area contributed by atoms with Crippen molar-refractivity contribution in [1.82, 2.24) is 9.97 Å². The van der Waals surface area contributed by atoms with Crippen LogP contribution in [0.2, 0.25) is 0 Å². The van der Waals surface area contributed by atoms with Crippen molar-refractivity contribution in [2.75, 3.05) is 5.32 Å². The van der Waals surface area contributed by atoms with E-state index < -0.39 is 5.97 Å². The van der Waals surface area contributed by atoms with Crippen molar-refractivity contribution in [3.8, 4) is 0 Å². The number of nitrogens with one attached hydrogen (secondary N) is 1. The third-order valence-electron chi connectivity index (χ3n) is 2.39. The summed E-state index contributed by atoms with van der Waals surface area (Å²) in [5.74, 6) is -0.134. The van der Waals surface area contributed by atoms with Gasteiger partial charge in [0.05, 0.1) is 0 Å². The summed E-state index contributed by atoms with van der Waals surface area (Å²) in [6.07, 6.45) is 1.66. The third-order valence-corrected chi connectivity index (χ3v) is 2.39. The molecule has 5 heteroatoms. The van der Waals surface area contributed by atoms with Gasteiger partial charge in [0.25, 0.3) is 0 Å². The van der Waals surface area contributed by atoms with Crippen molar-refractivity contribution in [3.05, 3.63) is 17.5 Å². The van der Waals surface area contributed by atoms with Crippen LogP contribution in [0.25, 0.3) is 0 Å². The first-order chi connectivity index (χ1) is 7.97. The summed E-state index contributed by atoms with van der Waals surface area (Å²) < 4.78 is 0. The number of hydrogen-bond acceptors (Lipinski definition) is 4. The Morgan fingerprint density at radius 1 is 1.41 bits per heavy atom. The van der Waals surface area contributed by atoms with Crippen molar-refractivity contribution in [3.63, 3.8) is 0 Å². The Hall–Kier alpha value is -1.65. The second-order valence-corrected chi connectivity index (χ2v) is 4.31. The predicted octanol–water partition coefficient (Wildman–Crippen LogP) is 2.15. The zero-order chi connectivity index (χ0) is 12.8. The predicted molar refractivity (Wildman–Crippen MR) is 66.1 cm³/mol. The number of hydrogen-bond donors (Lipinski definition) is 2.